The second-order valence-electron chi connectivity index (χ2n) is 7.23. The Morgan fingerprint density at radius 2 is 0.875 bits per heavy atom. The molecule has 0 aromatic rings. The number of unbranched alkanes of at least 4 members (excludes halogenated alkanes) is 15. The van der Waals surface area contributed by atoms with Crippen LogP contribution in [0.4, 0.5) is 0 Å². The fraction of sp³-hybridized carbons (Fsp3) is 1.00. The van der Waals surface area contributed by atoms with Crippen molar-refractivity contribution >= 4 is 8.80 Å². The van der Waals surface area contributed by atoms with Gasteiger partial charge in [0.1, 0.15) is 0 Å². The second-order valence-corrected chi connectivity index (χ2v) is 9.50. The normalized spacial score (nSPS) is 12.0. The molecule has 0 heterocycles. The summed E-state index contributed by atoms with van der Waals surface area (Å²) in [6, 6.07) is 0.458. The maximum Gasteiger partial charge on any atom is 0.495 e. The van der Waals surface area contributed by atoms with Gasteiger partial charge in [0.15, 0.2) is 0 Å². The van der Waals surface area contributed by atoms with Gasteiger partial charge in [-0.2, -0.15) is 0 Å². The van der Waals surface area contributed by atoms with Gasteiger partial charge in [-0.1, -0.05) is 103 Å². The average molecular weight is 361 g/mol. The molecule has 0 aromatic heterocycles. The monoisotopic (exact) mass is 360 g/mol. The lowest BCUT2D eigenvalue weighted by Crippen LogP contribution is -2.38. The summed E-state index contributed by atoms with van der Waals surface area (Å²) in [4.78, 5) is 19.2. The van der Waals surface area contributed by atoms with Crippen molar-refractivity contribution in [1.29, 1.82) is 0 Å². The second kappa shape index (κ2) is 17.9. The predicted molar refractivity (Wildman–Crippen MR) is 106 cm³/mol. The number of rotatable bonds is 19. The summed E-state index contributed by atoms with van der Waals surface area (Å²) in [5, 5.41) is 0. The highest BCUT2D eigenvalue weighted by Gasteiger charge is 2.30. The molecular formula is C20H44O3Si. The molecule has 0 saturated carbocycles. The highest BCUT2D eigenvalue weighted by molar-refractivity contribution is 6.57. The molecule has 0 fully saturated rings. The third-order valence-corrected chi connectivity index (χ3v) is 6.49. The summed E-state index contributed by atoms with van der Waals surface area (Å²) >= 11 is 0. The predicted octanol–water partition coefficient (Wildman–Crippen LogP) is 6.21. The molecule has 2 N–H and O–H groups in total. The fourth-order valence-electron chi connectivity index (χ4n) is 3.21. The van der Waals surface area contributed by atoms with Crippen molar-refractivity contribution in [3.05, 3.63) is 0 Å². The smallest absolute Gasteiger partial charge is 0.390 e. The third-order valence-electron chi connectivity index (χ3n) is 4.73. The molecule has 0 radical (unpaired) electrons. The van der Waals surface area contributed by atoms with E-state index in [-0.39, 0.29) is 0 Å². The third kappa shape index (κ3) is 18.4. The summed E-state index contributed by atoms with van der Waals surface area (Å²) in [5.74, 6) is 0. The summed E-state index contributed by atoms with van der Waals surface area (Å²) < 4.78 is 5.00. The molecule has 24 heavy (non-hydrogen) atoms. The van der Waals surface area contributed by atoms with Gasteiger partial charge in [0.25, 0.3) is 0 Å². The van der Waals surface area contributed by atoms with Gasteiger partial charge < -0.3 is 14.0 Å². The van der Waals surface area contributed by atoms with Crippen LogP contribution in [0, 0.1) is 0 Å². The van der Waals surface area contributed by atoms with Crippen molar-refractivity contribution in [1.82, 2.24) is 0 Å². The summed E-state index contributed by atoms with van der Waals surface area (Å²) in [5.41, 5.74) is 0. The number of hydrogen-bond donors (Lipinski definition) is 2. The lowest BCUT2D eigenvalue weighted by Gasteiger charge is -2.16. The van der Waals surface area contributed by atoms with Crippen molar-refractivity contribution in [3.63, 3.8) is 0 Å². The molecule has 0 saturated heterocycles. The molecule has 3 nitrogen and oxygen atoms in total. The first kappa shape index (κ1) is 24.1. The fourth-order valence-corrected chi connectivity index (χ4v) is 4.52. The van der Waals surface area contributed by atoms with Crippen molar-refractivity contribution < 1.29 is 14.0 Å². The van der Waals surface area contributed by atoms with Gasteiger partial charge in [0.05, 0.1) is 0 Å². The van der Waals surface area contributed by atoms with Crippen LogP contribution in [0.2, 0.25) is 6.04 Å². The van der Waals surface area contributed by atoms with E-state index in [1.165, 1.54) is 89.9 Å². The van der Waals surface area contributed by atoms with Crippen molar-refractivity contribution in [2.45, 2.75) is 123 Å². The Morgan fingerprint density at radius 1 is 0.542 bits per heavy atom. The summed E-state index contributed by atoms with van der Waals surface area (Å²) in [6.45, 7) is 4.48. The van der Waals surface area contributed by atoms with Gasteiger partial charge >= 0.3 is 8.80 Å². The van der Waals surface area contributed by atoms with E-state index in [0.717, 1.165) is 12.8 Å². The van der Waals surface area contributed by atoms with Gasteiger partial charge in [0.2, 0.25) is 0 Å². The Bertz CT molecular complexity index is 247. The van der Waals surface area contributed by atoms with Gasteiger partial charge in [-0.3, -0.25) is 0 Å². The van der Waals surface area contributed by atoms with E-state index in [0.29, 0.717) is 12.7 Å². The maximum atomic E-state index is 9.60. The molecule has 0 amide bonds. The van der Waals surface area contributed by atoms with Gasteiger partial charge in [0, 0.05) is 12.7 Å². The van der Waals surface area contributed by atoms with E-state index in [2.05, 4.69) is 6.92 Å². The lowest BCUT2D eigenvalue weighted by molar-refractivity contribution is 0.154. The summed E-state index contributed by atoms with van der Waals surface area (Å²) in [6.07, 6.45) is 21.4. The first-order valence-electron chi connectivity index (χ1n) is 10.7. The van der Waals surface area contributed by atoms with Crippen molar-refractivity contribution in [3.8, 4) is 0 Å². The van der Waals surface area contributed by atoms with E-state index in [9.17, 15) is 9.59 Å². The minimum absolute atomic E-state index is 0.401. The Morgan fingerprint density at radius 3 is 1.21 bits per heavy atom. The molecule has 0 aromatic carbocycles. The lowest BCUT2D eigenvalue weighted by atomic mass is 10.0. The van der Waals surface area contributed by atoms with Crippen LogP contribution in [-0.2, 0) is 4.43 Å². The van der Waals surface area contributed by atoms with Crippen LogP contribution in [0.5, 0.6) is 0 Å². The van der Waals surface area contributed by atoms with Crippen LogP contribution in [0.1, 0.15) is 117 Å². The van der Waals surface area contributed by atoms with Gasteiger partial charge in [-0.25, -0.2) is 0 Å². The molecule has 0 atom stereocenters. The highest BCUT2D eigenvalue weighted by Crippen LogP contribution is 2.15. The van der Waals surface area contributed by atoms with E-state index in [1.807, 2.05) is 6.92 Å². The molecule has 0 bridgehead atoms. The molecule has 146 valence electrons. The first-order valence-corrected chi connectivity index (χ1v) is 12.7. The summed E-state index contributed by atoms with van der Waals surface area (Å²) in [7, 11) is -3.31. The largest absolute Gasteiger partial charge is 0.495 e. The highest BCUT2D eigenvalue weighted by atomic mass is 28.4. The average Bonchev–Trinajstić information content (AvgIpc) is 2.54. The van der Waals surface area contributed by atoms with E-state index < -0.39 is 8.80 Å². The molecule has 0 spiro atoms. The SMILES string of the molecule is CCCCCCCCCCCCCCCCCC[Si](O)(O)OCC. The first-order chi connectivity index (χ1) is 11.6. The van der Waals surface area contributed by atoms with E-state index >= 15 is 0 Å². The Balaban J connectivity index is 3.10. The Labute approximate surface area is 152 Å². The van der Waals surface area contributed by atoms with Crippen molar-refractivity contribution in [2.75, 3.05) is 6.61 Å². The van der Waals surface area contributed by atoms with Crippen LogP contribution in [0.25, 0.3) is 0 Å². The van der Waals surface area contributed by atoms with Gasteiger partial charge in [-0.15, -0.1) is 0 Å². The zero-order valence-electron chi connectivity index (χ0n) is 16.5. The van der Waals surface area contributed by atoms with Crippen molar-refractivity contribution in [2.24, 2.45) is 0 Å². The van der Waals surface area contributed by atoms with Crippen LogP contribution in [0.15, 0.2) is 0 Å². The van der Waals surface area contributed by atoms with Crippen LogP contribution < -0.4 is 0 Å². The van der Waals surface area contributed by atoms with Crippen LogP contribution in [0.3, 0.4) is 0 Å². The van der Waals surface area contributed by atoms with Crippen LogP contribution >= 0.6 is 0 Å². The Kier molecular flexibility index (Phi) is 18.0. The molecular weight excluding hydrogens is 316 g/mol. The molecule has 0 rings (SSSR count). The Hall–Kier alpha value is 0.0969. The van der Waals surface area contributed by atoms with Gasteiger partial charge in [-0.05, 0) is 13.3 Å². The minimum atomic E-state index is -3.31. The zero-order valence-corrected chi connectivity index (χ0v) is 17.5. The maximum absolute atomic E-state index is 9.60. The molecule has 4 heteroatoms. The molecule has 0 unspecified atom stereocenters. The quantitative estimate of drug-likeness (QED) is 0.213. The minimum Gasteiger partial charge on any atom is -0.390 e. The standard InChI is InChI=1S/C20H44O3Si/c1-3-5-6-7-8-9-10-11-12-13-14-15-16-17-18-19-20-24(21,22)23-4-2/h21-22H,3-20H2,1-2H3. The molecule has 0 aliphatic heterocycles. The van der Waals surface area contributed by atoms with Crippen LogP contribution in [-0.4, -0.2) is 25.0 Å². The topological polar surface area (TPSA) is 49.7 Å². The zero-order chi connectivity index (χ0) is 17.9. The number of hydrogen-bond acceptors (Lipinski definition) is 3. The molecule has 0 aliphatic rings. The van der Waals surface area contributed by atoms with E-state index in [1.54, 1.807) is 0 Å². The molecule has 0 aliphatic carbocycles. The van der Waals surface area contributed by atoms with E-state index in [4.69, 9.17) is 4.43 Å².